The minimum atomic E-state index is -4.71. The SMILES string of the molecule is CC1CN(c2ccc(CNC3COc4nc([N+](=O)[O-])cn4C3)cn2)CCN1c1ccc(OC(F)(F)F)cc1. The van der Waals surface area contributed by atoms with Gasteiger partial charge in [0.15, 0.2) is 0 Å². The highest BCUT2D eigenvalue weighted by Crippen LogP contribution is 2.28. The Labute approximate surface area is 215 Å². The van der Waals surface area contributed by atoms with Crippen molar-refractivity contribution >= 4 is 17.3 Å². The molecule has 0 aliphatic carbocycles. The van der Waals surface area contributed by atoms with Crippen molar-refractivity contribution in [2.24, 2.45) is 0 Å². The number of alkyl halides is 3. The van der Waals surface area contributed by atoms with Gasteiger partial charge in [-0.3, -0.25) is 4.57 Å². The lowest BCUT2D eigenvalue weighted by Crippen LogP contribution is -2.52. The van der Waals surface area contributed by atoms with Crippen LogP contribution in [0.1, 0.15) is 12.5 Å². The Kier molecular flexibility index (Phi) is 6.97. The minimum absolute atomic E-state index is 0.0287. The van der Waals surface area contributed by atoms with Crippen molar-refractivity contribution in [2.75, 3.05) is 36.0 Å². The molecule has 1 saturated heterocycles. The number of rotatable bonds is 7. The number of nitro groups is 1. The molecular weight excluding hydrogens is 507 g/mol. The number of nitrogens with one attached hydrogen (secondary N) is 1. The summed E-state index contributed by atoms with van der Waals surface area (Å²) in [5.41, 5.74) is 1.83. The van der Waals surface area contributed by atoms with Gasteiger partial charge in [0.2, 0.25) is 0 Å². The topological polar surface area (TPSA) is 111 Å². The normalized spacial score (nSPS) is 19.6. The van der Waals surface area contributed by atoms with Gasteiger partial charge >= 0.3 is 18.2 Å². The van der Waals surface area contributed by atoms with Gasteiger partial charge in [0.05, 0.1) is 6.04 Å². The van der Waals surface area contributed by atoms with Crippen molar-refractivity contribution in [1.29, 1.82) is 0 Å². The van der Waals surface area contributed by atoms with Crippen LogP contribution >= 0.6 is 0 Å². The fourth-order valence-corrected chi connectivity index (χ4v) is 4.67. The molecule has 2 aromatic heterocycles. The molecule has 2 aliphatic heterocycles. The van der Waals surface area contributed by atoms with E-state index in [2.05, 4.69) is 36.7 Å². The Hall–Kier alpha value is -4.07. The highest BCUT2D eigenvalue weighted by molar-refractivity contribution is 5.52. The molecular formula is C24H26F3N7O4. The highest BCUT2D eigenvalue weighted by atomic mass is 19.4. The maximum absolute atomic E-state index is 12.4. The fourth-order valence-electron chi connectivity index (χ4n) is 4.67. The van der Waals surface area contributed by atoms with Gasteiger partial charge in [0.1, 0.15) is 24.4 Å². The molecule has 5 rings (SSSR count). The molecule has 38 heavy (non-hydrogen) atoms. The standard InChI is InChI=1S/C24H26F3N7O4/c1-16-12-31(8-9-33(16)19-3-5-20(6-4-19)38-24(25,26)27)21-7-2-17(11-29-21)10-28-18-13-32-14-22(34(35)36)30-23(32)37-15-18/h2-7,11,14,16,18,28H,8-10,12-13,15H2,1H3. The molecule has 1 N–H and O–H groups in total. The maximum Gasteiger partial charge on any atom is 0.573 e. The smallest absolute Gasteiger partial charge is 0.444 e. The second-order valence-electron chi connectivity index (χ2n) is 9.23. The molecule has 14 heteroatoms. The molecule has 0 amide bonds. The molecule has 1 aromatic carbocycles. The predicted octanol–water partition coefficient (Wildman–Crippen LogP) is 3.35. The number of hydrogen-bond acceptors (Lipinski definition) is 9. The number of benzene rings is 1. The number of aromatic nitrogens is 3. The molecule has 2 unspecified atom stereocenters. The lowest BCUT2D eigenvalue weighted by atomic mass is 10.1. The molecule has 1 fully saturated rings. The van der Waals surface area contributed by atoms with E-state index in [1.54, 1.807) is 16.7 Å². The van der Waals surface area contributed by atoms with E-state index in [4.69, 9.17) is 4.74 Å². The number of fused-ring (bicyclic) bond motifs is 1. The van der Waals surface area contributed by atoms with Crippen molar-refractivity contribution in [3.63, 3.8) is 0 Å². The summed E-state index contributed by atoms with van der Waals surface area (Å²) in [6, 6.07) is 10.2. The predicted molar refractivity (Wildman–Crippen MR) is 131 cm³/mol. The third-order valence-corrected chi connectivity index (χ3v) is 6.50. The Balaban J connectivity index is 1.12. The summed E-state index contributed by atoms with van der Waals surface area (Å²) >= 11 is 0. The van der Waals surface area contributed by atoms with Crippen LogP contribution in [0.25, 0.3) is 0 Å². The quantitative estimate of drug-likeness (QED) is 0.361. The molecule has 0 spiro atoms. The van der Waals surface area contributed by atoms with Crippen molar-refractivity contribution in [1.82, 2.24) is 19.9 Å². The zero-order valence-electron chi connectivity index (χ0n) is 20.5. The summed E-state index contributed by atoms with van der Waals surface area (Å²) < 4.78 is 48.4. The van der Waals surface area contributed by atoms with E-state index in [-0.39, 0.29) is 29.7 Å². The lowest BCUT2D eigenvalue weighted by Gasteiger charge is -2.41. The van der Waals surface area contributed by atoms with Gasteiger partial charge in [-0.25, -0.2) is 4.98 Å². The number of anilines is 2. The third kappa shape index (κ3) is 5.90. The first-order valence-corrected chi connectivity index (χ1v) is 12.0. The number of pyridine rings is 1. The molecule has 11 nitrogen and oxygen atoms in total. The van der Waals surface area contributed by atoms with Crippen molar-refractivity contribution in [3.8, 4) is 11.8 Å². The molecule has 3 aromatic rings. The lowest BCUT2D eigenvalue weighted by molar-refractivity contribution is -0.389. The maximum atomic E-state index is 12.4. The Morgan fingerprint density at radius 2 is 1.97 bits per heavy atom. The largest absolute Gasteiger partial charge is 0.573 e. The molecule has 2 aliphatic rings. The molecule has 2 atom stereocenters. The summed E-state index contributed by atoms with van der Waals surface area (Å²) in [6.07, 6.45) is -1.52. The van der Waals surface area contributed by atoms with Crippen molar-refractivity contribution in [3.05, 3.63) is 64.5 Å². The van der Waals surface area contributed by atoms with Crippen LogP contribution in [0.4, 0.5) is 30.5 Å². The van der Waals surface area contributed by atoms with Crippen LogP contribution in [0.15, 0.2) is 48.8 Å². The van der Waals surface area contributed by atoms with E-state index < -0.39 is 11.3 Å². The van der Waals surface area contributed by atoms with E-state index >= 15 is 0 Å². The first kappa shape index (κ1) is 25.6. The average Bonchev–Trinajstić information content (AvgIpc) is 3.31. The molecule has 0 saturated carbocycles. The Morgan fingerprint density at radius 3 is 2.63 bits per heavy atom. The van der Waals surface area contributed by atoms with Crippen LogP contribution in [-0.4, -0.2) is 64.1 Å². The molecule has 0 radical (unpaired) electrons. The third-order valence-electron chi connectivity index (χ3n) is 6.50. The second kappa shape index (κ2) is 10.4. The van der Waals surface area contributed by atoms with Gasteiger partial charge in [0.25, 0.3) is 0 Å². The van der Waals surface area contributed by atoms with E-state index in [0.717, 1.165) is 17.1 Å². The number of nitrogens with zero attached hydrogens (tertiary/aromatic N) is 6. The van der Waals surface area contributed by atoms with E-state index in [1.165, 1.54) is 18.3 Å². The fraction of sp³-hybridized carbons (Fsp3) is 0.417. The first-order valence-electron chi connectivity index (χ1n) is 12.0. The summed E-state index contributed by atoms with van der Waals surface area (Å²) in [5, 5.41) is 14.3. The zero-order chi connectivity index (χ0) is 26.9. The van der Waals surface area contributed by atoms with Gasteiger partial charge in [0, 0.05) is 55.6 Å². The van der Waals surface area contributed by atoms with Crippen LogP contribution in [0.3, 0.4) is 0 Å². The minimum Gasteiger partial charge on any atom is -0.444 e. The van der Waals surface area contributed by atoms with Crippen LogP contribution in [0.2, 0.25) is 0 Å². The molecule has 202 valence electrons. The zero-order valence-corrected chi connectivity index (χ0v) is 20.5. The van der Waals surface area contributed by atoms with E-state index in [0.29, 0.717) is 39.3 Å². The van der Waals surface area contributed by atoms with Gasteiger partial charge in [-0.05, 0) is 47.7 Å². The van der Waals surface area contributed by atoms with Crippen LogP contribution in [0.5, 0.6) is 11.8 Å². The van der Waals surface area contributed by atoms with Crippen molar-refractivity contribution < 1.29 is 27.6 Å². The summed E-state index contributed by atoms with van der Waals surface area (Å²) in [7, 11) is 0. The number of imidazole rings is 1. The number of piperazine rings is 1. The Morgan fingerprint density at radius 1 is 1.18 bits per heavy atom. The summed E-state index contributed by atoms with van der Waals surface area (Å²) in [6.45, 7) is 5.63. The highest BCUT2D eigenvalue weighted by Gasteiger charge is 2.31. The molecule has 0 bridgehead atoms. The van der Waals surface area contributed by atoms with Crippen LogP contribution in [-0.2, 0) is 13.1 Å². The number of hydrogen-bond donors (Lipinski definition) is 1. The van der Waals surface area contributed by atoms with Crippen molar-refractivity contribution in [2.45, 2.75) is 38.5 Å². The molecule has 4 heterocycles. The monoisotopic (exact) mass is 533 g/mol. The number of ether oxygens (including phenoxy) is 2. The summed E-state index contributed by atoms with van der Waals surface area (Å²) in [5.74, 6) is 0.382. The average molecular weight is 534 g/mol. The van der Waals surface area contributed by atoms with E-state index in [9.17, 15) is 23.3 Å². The van der Waals surface area contributed by atoms with Gasteiger partial charge in [-0.15, -0.1) is 13.2 Å². The van der Waals surface area contributed by atoms with Gasteiger partial charge < -0.3 is 34.7 Å². The van der Waals surface area contributed by atoms with E-state index in [1.807, 2.05) is 18.3 Å². The van der Waals surface area contributed by atoms with Gasteiger partial charge in [-0.2, -0.15) is 0 Å². The second-order valence-corrected chi connectivity index (χ2v) is 9.23. The first-order chi connectivity index (χ1) is 18.1. The summed E-state index contributed by atoms with van der Waals surface area (Å²) in [4.78, 5) is 23.2. The van der Waals surface area contributed by atoms with Crippen LogP contribution in [0, 0.1) is 10.1 Å². The number of halogens is 3. The Bertz CT molecular complexity index is 1270. The van der Waals surface area contributed by atoms with Gasteiger partial charge in [-0.1, -0.05) is 6.07 Å². The van der Waals surface area contributed by atoms with Crippen LogP contribution < -0.4 is 24.6 Å².